The monoisotopic (exact) mass is 354 g/mol. The molecule has 1 aliphatic rings. The minimum Gasteiger partial charge on any atom is -0.480 e. The second-order valence-electron chi connectivity index (χ2n) is 8.15. The van der Waals surface area contributed by atoms with Crippen LogP contribution in [0.15, 0.2) is 0 Å². The van der Waals surface area contributed by atoms with Gasteiger partial charge in [0.25, 0.3) is 0 Å². The summed E-state index contributed by atoms with van der Waals surface area (Å²) in [7, 11) is 0. The van der Waals surface area contributed by atoms with Crippen molar-refractivity contribution >= 4 is 11.9 Å². The van der Waals surface area contributed by atoms with Crippen molar-refractivity contribution in [1.82, 2.24) is 0 Å². The van der Waals surface area contributed by atoms with Crippen molar-refractivity contribution in [3.8, 4) is 0 Å². The van der Waals surface area contributed by atoms with Gasteiger partial charge in [0.15, 0.2) is 5.41 Å². The van der Waals surface area contributed by atoms with Gasteiger partial charge in [-0.05, 0) is 38.0 Å². The molecule has 0 bridgehead atoms. The predicted molar refractivity (Wildman–Crippen MR) is 100 cm³/mol. The largest absolute Gasteiger partial charge is 0.480 e. The zero-order chi connectivity index (χ0) is 18.7. The second-order valence-corrected chi connectivity index (χ2v) is 8.15. The summed E-state index contributed by atoms with van der Waals surface area (Å²) in [5, 5.41) is 9.65. The molecular formula is C21H38O4. The van der Waals surface area contributed by atoms with Crippen LogP contribution in [0.1, 0.15) is 104 Å². The lowest BCUT2D eigenvalue weighted by molar-refractivity contribution is -0.175. The summed E-state index contributed by atoms with van der Waals surface area (Å²) in [6, 6.07) is 0. The Morgan fingerprint density at radius 3 is 2.12 bits per heavy atom. The third-order valence-corrected chi connectivity index (χ3v) is 5.47. The molecule has 4 heteroatoms. The highest BCUT2D eigenvalue weighted by Gasteiger charge is 2.48. The van der Waals surface area contributed by atoms with Crippen LogP contribution in [0.2, 0.25) is 0 Å². The highest BCUT2D eigenvalue weighted by molar-refractivity contribution is 5.99. The molecule has 0 saturated heterocycles. The number of esters is 1. The van der Waals surface area contributed by atoms with E-state index in [1.807, 2.05) is 0 Å². The van der Waals surface area contributed by atoms with E-state index < -0.39 is 17.4 Å². The molecule has 25 heavy (non-hydrogen) atoms. The van der Waals surface area contributed by atoms with Gasteiger partial charge in [-0.15, -0.1) is 0 Å². The Morgan fingerprint density at radius 1 is 0.960 bits per heavy atom. The lowest BCUT2D eigenvalue weighted by Gasteiger charge is -2.32. The van der Waals surface area contributed by atoms with Gasteiger partial charge in [-0.3, -0.25) is 9.59 Å². The molecule has 1 saturated carbocycles. The average Bonchev–Trinajstić information content (AvgIpc) is 2.59. The number of aliphatic carboxylic acids is 1. The van der Waals surface area contributed by atoms with E-state index in [0.29, 0.717) is 12.8 Å². The van der Waals surface area contributed by atoms with E-state index in [-0.39, 0.29) is 6.10 Å². The van der Waals surface area contributed by atoms with E-state index in [1.165, 1.54) is 12.8 Å². The fourth-order valence-electron chi connectivity index (χ4n) is 3.72. The van der Waals surface area contributed by atoms with Gasteiger partial charge in [0.2, 0.25) is 0 Å². The Kier molecular flexibility index (Phi) is 10.1. The van der Waals surface area contributed by atoms with Gasteiger partial charge in [0.05, 0.1) is 0 Å². The molecule has 0 radical (unpaired) electrons. The normalized spacial score (nSPS) is 18.1. The SMILES string of the molecule is CCCCC(CCCCCC(C)C)OC(=O)C1(C(=O)O)CCCCC1. The van der Waals surface area contributed by atoms with Crippen LogP contribution >= 0.6 is 0 Å². The number of ether oxygens (including phenoxy) is 1. The zero-order valence-corrected chi connectivity index (χ0v) is 16.5. The van der Waals surface area contributed by atoms with E-state index in [4.69, 9.17) is 4.74 Å². The molecule has 1 aliphatic carbocycles. The van der Waals surface area contributed by atoms with Crippen LogP contribution in [0.3, 0.4) is 0 Å². The first kappa shape index (κ1) is 22.0. The Balaban J connectivity index is 2.56. The summed E-state index contributed by atoms with van der Waals surface area (Å²) in [4.78, 5) is 24.5. The average molecular weight is 355 g/mol. The van der Waals surface area contributed by atoms with Gasteiger partial charge in [0.1, 0.15) is 6.10 Å². The van der Waals surface area contributed by atoms with Crippen LogP contribution in [0.25, 0.3) is 0 Å². The summed E-state index contributed by atoms with van der Waals surface area (Å²) in [6.45, 7) is 6.60. The smallest absolute Gasteiger partial charge is 0.323 e. The number of hydrogen-bond acceptors (Lipinski definition) is 3. The van der Waals surface area contributed by atoms with Crippen molar-refractivity contribution in [2.24, 2.45) is 11.3 Å². The predicted octanol–water partition coefficient (Wildman–Crippen LogP) is 5.73. The van der Waals surface area contributed by atoms with Gasteiger partial charge in [-0.1, -0.05) is 72.1 Å². The first-order valence-electron chi connectivity index (χ1n) is 10.4. The van der Waals surface area contributed by atoms with Gasteiger partial charge in [0, 0.05) is 0 Å². The van der Waals surface area contributed by atoms with E-state index >= 15 is 0 Å². The zero-order valence-electron chi connectivity index (χ0n) is 16.5. The number of carboxylic acid groups (broad SMARTS) is 1. The van der Waals surface area contributed by atoms with Crippen LogP contribution in [0.4, 0.5) is 0 Å². The second kappa shape index (κ2) is 11.5. The molecule has 1 unspecified atom stereocenters. The quantitative estimate of drug-likeness (QED) is 0.276. The third-order valence-electron chi connectivity index (χ3n) is 5.47. The summed E-state index contributed by atoms with van der Waals surface area (Å²) < 4.78 is 5.76. The molecule has 0 spiro atoms. The number of carboxylic acids is 1. The number of rotatable bonds is 12. The Labute approximate surface area is 153 Å². The topological polar surface area (TPSA) is 63.6 Å². The highest BCUT2D eigenvalue weighted by Crippen LogP contribution is 2.38. The van der Waals surface area contributed by atoms with Crippen molar-refractivity contribution in [2.75, 3.05) is 0 Å². The first-order valence-corrected chi connectivity index (χ1v) is 10.4. The molecule has 0 aliphatic heterocycles. The molecule has 1 rings (SSSR count). The minimum atomic E-state index is -1.29. The third kappa shape index (κ3) is 7.37. The van der Waals surface area contributed by atoms with Crippen LogP contribution in [-0.2, 0) is 14.3 Å². The molecule has 4 nitrogen and oxygen atoms in total. The van der Waals surface area contributed by atoms with E-state index in [0.717, 1.165) is 63.7 Å². The minimum absolute atomic E-state index is 0.121. The Hall–Kier alpha value is -1.06. The molecule has 1 N–H and O–H groups in total. The summed E-state index contributed by atoms with van der Waals surface area (Å²) in [6.07, 6.45) is 11.8. The summed E-state index contributed by atoms with van der Waals surface area (Å²) >= 11 is 0. The molecule has 146 valence electrons. The molecule has 1 atom stereocenters. The van der Waals surface area contributed by atoms with Crippen molar-refractivity contribution < 1.29 is 19.4 Å². The van der Waals surface area contributed by atoms with E-state index in [9.17, 15) is 14.7 Å². The standard InChI is InChI=1S/C21H38O4/c1-4-5-13-18(14-9-6-8-12-17(2)3)25-20(24)21(19(22)23)15-10-7-11-16-21/h17-18H,4-16H2,1-3H3,(H,22,23). The van der Waals surface area contributed by atoms with Crippen LogP contribution in [0.5, 0.6) is 0 Å². The number of unbranched alkanes of at least 4 members (excludes halogenated alkanes) is 3. The molecular weight excluding hydrogens is 316 g/mol. The summed E-state index contributed by atoms with van der Waals surface area (Å²) in [5.74, 6) is -0.748. The maximum Gasteiger partial charge on any atom is 0.323 e. The first-order chi connectivity index (χ1) is 11.9. The van der Waals surface area contributed by atoms with Gasteiger partial charge in [-0.2, -0.15) is 0 Å². The molecule has 0 aromatic heterocycles. The van der Waals surface area contributed by atoms with Crippen LogP contribution in [0, 0.1) is 11.3 Å². The lowest BCUT2D eigenvalue weighted by Crippen LogP contribution is -2.43. The van der Waals surface area contributed by atoms with E-state index in [1.54, 1.807) is 0 Å². The van der Waals surface area contributed by atoms with Crippen LogP contribution < -0.4 is 0 Å². The maximum absolute atomic E-state index is 12.7. The molecule has 0 aromatic rings. The summed E-state index contributed by atoms with van der Waals surface area (Å²) in [5.41, 5.74) is -1.29. The van der Waals surface area contributed by atoms with E-state index in [2.05, 4.69) is 20.8 Å². The molecule has 1 fully saturated rings. The van der Waals surface area contributed by atoms with Gasteiger partial charge >= 0.3 is 11.9 Å². The fourth-order valence-corrected chi connectivity index (χ4v) is 3.72. The van der Waals surface area contributed by atoms with Gasteiger partial charge in [-0.25, -0.2) is 0 Å². The fraction of sp³-hybridized carbons (Fsp3) is 0.905. The highest BCUT2D eigenvalue weighted by atomic mass is 16.5. The number of hydrogen-bond donors (Lipinski definition) is 1. The Bertz CT molecular complexity index is 397. The lowest BCUT2D eigenvalue weighted by atomic mass is 9.74. The molecule has 0 amide bonds. The van der Waals surface area contributed by atoms with Gasteiger partial charge < -0.3 is 9.84 Å². The maximum atomic E-state index is 12.7. The molecule has 0 heterocycles. The van der Waals surface area contributed by atoms with Crippen molar-refractivity contribution in [1.29, 1.82) is 0 Å². The van der Waals surface area contributed by atoms with Crippen molar-refractivity contribution in [3.05, 3.63) is 0 Å². The van der Waals surface area contributed by atoms with Crippen LogP contribution in [-0.4, -0.2) is 23.1 Å². The molecule has 0 aromatic carbocycles. The van der Waals surface area contributed by atoms with Crippen molar-refractivity contribution in [2.45, 2.75) is 110 Å². The number of carbonyl (C=O) groups excluding carboxylic acids is 1. The Morgan fingerprint density at radius 2 is 1.56 bits per heavy atom. The number of carbonyl (C=O) groups is 2. The van der Waals surface area contributed by atoms with Crippen molar-refractivity contribution in [3.63, 3.8) is 0 Å².